The molecule has 3 aliphatic heterocycles. The smallest absolute Gasteiger partial charge is 0.380 e. The zero-order valence-electron chi connectivity index (χ0n) is 21.5. The summed E-state index contributed by atoms with van der Waals surface area (Å²) in [6.07, 6.45) is -2.05. The lowest BCUT2D eigenvalue weighted by Gasteiger charge is -2.48. The SMILES string of the molecule is O=C(c1ccc(NC2CN(C3CCN(C(=O)C(O)(c4ccccc4)C(F)(F)F)CC3)C2)cc1Cl)N1CCCC1. The number of hydrogen-bond acceptors (Lipinski definition) is 5. The summed E-state index contributed by atoms with van der Waals surface area (Å²) in [5.74, 6) is -1.37. The molecule has 39 heavy (non-hydrogen) atoms. The summed E-state index contributed by atoms with van der Waals surface area (Å²) in [6, 6.07) is 12.2. The number of hydrogen-bond donors (Lipinski definition) is 2. The molecule has 210 valence electrons. The van der Waals surface area contributed by atoms with Crippen molar-refractivity contribution in [2.45, 2.75) is 49.5 Å². The summed E-state index contributed by atoms with van der Waals surface area (Å²) in [5.41, 5.74) is -2.71. The Morgan fingerprint density at radius 1 is 0.923 bits per heavy atom. The fourth-order valence-corrected chi connectivity index (χ4v) is 6.02. The molecule has 1 atom stereocenters. The number of benzene rings is 2. The first-order valence-corrected chi connectivity index (χ1v) is 13.7. The third-order valence-corrected chi connectivity index (χ3v) is 8.37. The normalized spacial score (nSPS) is 20.9. The van der Waals surface area contributed by atoms with Gasteiger partial charge in [-0.2, -0.15) is 13.2 Å². The van der Waals surface area contributed by atoms with E-state index in [9.17, 15) is 27.9 Å². The predicted octanol–water partition coefficient (Wildman–Crippen LogP) is 4.11. The van der Waals surface area contributed by atoms with E-state index in [1.165, 1.54) is 18.2 Å². The number of carbonyl (C=O) groups excluding carboxylic acids is 2. The fraction of sp³-hybridized carbons (Fsp3) is 0.500. The zero-order chi connectivity index (χ0) is 27.8. The van der Waals surface area contributed by atoms with Crippen molar-refractivity contribution in [1.82, 2.24) is 14.7 Å². The minimum absolute atomic E-state index is 0.0406. The minimum atomic E-state index is -5.14. The van der Waals surface area contributed by atoms with Gasteiger partial charge in [-0.1, -0.05) is 41.9 Å². The Kier molecular flexibility index (Phi) is 7.81. The quantitative estimate of drug-likeness (QED) is 0.552. The molecular weight excluding hydrogens is 533 g/mol. The lowest BCUT2D eigenvalue weighted by atomic mass is 9.89. The van der Waals surface area contributed by atoms with Gasteiger partial charge in [-0.3, -0.25) is 14.5 Å². The van der Waals surface area contributed by atoms with Crippen molar-refractivity contribution in [2.75, 3.05) is 44.6 Å². The molecule has 0 aromatic heterocycles. The molecule has 3 fully saturated rings. The lowest BCUT2D eigenvalue weighted by Crippen LogP contribution is -2.62. The first-order valence-electron chi connectivity index (χ1n) is 13.3. The van der Waals surface area contributed by atoms with E-state index in [4.69, 9.17) is 11.6 Å². The van der Waals surface area contributed by atoms with Gasteiger partial charge in [-0.15, -0.1) is 0 Å². The predicted molar refractivity (Wildman–Crippen MR) is 142 cm³/mol. The Balaban J connectivity index is 1.12. The second kappa shape index (κ2) is 11.0. The van der Waals surface area contributed by atoms with E-state index in [-0.39, 0.29) is 31.1 Å². The number of nitrogens with one attached hydrogen (secondary N) is 1. The lowest BCUT2D eigenvalue weighted by molar-refractivity contribution is -0.262. The molecule has 0 radical (unpaired) electrons. The summed E-state index contributed by atoms with van der Waals surface area (Å²) in [4.78, 5) is 30.8. The summed E-state index contributed by atoms with van der Waals surface area (Å²) in [5, 5.41) is 14.5. The van der Waals surface area contributed by atoms with E-state index in [1.807, 2.05) is 11.0 Å². The van der Waals surface area contributed by atoms with Gasteiger partial charge < -0.3 is 20.2 Å². The molecule has 1 unspecified atom stereocenters. The van der Waals surface area contributed by atoms with Crippen LogP contribution >= 0.6 is 11.6 Å². The third-order valence-electron chi connectivity index (χ3n) is 8.05. The van der Waals surface area contributed by atoms with E-state index in [2.05, 4.69) is 10.2 Å². The van der Waals surface area contributed by atoms with Crippen molar-refractivity contribution in [3.63, 3.8) is 0 Å². The first-order chi connectivity index (χ1) is 18.6. The Hall–Kier alpha value is -2.82. The number of nitrogens with zero attached hydrogens (tertiary/aromatic N) is 3. The fourth-order valence-electron chi connectivity index (χ4n) is 5.76. The highest BCUT2D eigenvalue weighted by atomic mass is 35.5. The molecule has 3 saturated heterocycles. The van der Waals surface area contributed by atoms with Gasteiger partial charge >= 0.3 is 6.18 Å². The number of aliphatic hydroxyl groups is 1. The number of likely N-dealkylation sites (tertiary alicyclic amines) is 3. The number of alkyl halides is 3. The van der Waals surface area contributed by atoms with Gasteiger partial charge in [0.2, 0.25) is 0 Å². The first kappa shape index (κ1) is 27.7. The number of anilines is 1. The summed E-state index contributed by atoms with van der Waals surface area (Å²) in [7, 11) is 0. The molecule has 3 heterocycles. The standard InChI is InChI=1S/C28H32ClF3N4O3/c29-24-16-20(8-9-23(24)25(37)34-12-4-5-13-34)33-21-17-36(18-21)22-10-14-35(15-11-22)26(38)27(39,28(30,31)32)19-6-2-1-3-7-19/h1-3,6-9,16,21-22,33,39H,4-5,10-15,17-18H2. The van der Waals surface area contributed by atoms with Gasteiger partial charge in [0, 0.05) is 56.6 Å². The van der Waals surface area contributed by atoms with Crippen molar-refractivity contribution in [2.24, 2.45) is 0 Å². The van der Waals surface area contributed by atoms with Crippen molar-refractivity contribution in [3.05, 3.63) is 64.7 Å². The van der Waals surface area contributed by atoms with Gasteiger partial charge in [-0.25, -0.2) is 0 Å². The number of halogens is 4. The van der Waals surface area contributed by atoms with Crippen molar-refractivity contribution >= 4 is 29.1 Å². The van der Waals surface area contributed by atoms with Crippen LogP contribution in [0.5, 0.6) is 0 Å². The molecule has 7 nitrogen and oxygen atoms in total. The Morgan fingerprint density at radius 3 is 2.15 bits per heavy atom. The summed E-state index contributed by atoms with van der Waals surface area (Å²) < 4.78 is 41.7. The molecule has 2 aromatic rings. The van der Waals surface area contributed by atoms with E-state index < -0.39 is 23.2 Å². The minimum Gasteiger partial charge on any atom is -0.380 e. The maximum absolute atomic E-state index is 13.9. The molecule has 0 saturated carbocycles. The molecule has 2 N–H and O–H groups in total. The topological polar surface area (TPSA) is 76.1 Å². The molecule has 3 aliphatic rings. The van der Waals surface area contributed by atoms with Gasteiger partial charge in [-0.05, 0) is 43.9 Å². The van der Waals surface area contributed by atoms with Crippen molar-refractivity contribution < 1.29 is 27.9 Å². The van der Waals surface area contributed by atoms with E-state index in [1.54, 1.807) is 12.1 Å². The van der Waals surface area contributed by atoms with Crippen LogP contribution < -0.4 is 5.32 Å². The van der Waals surface area contributed by atoms with Gasteiger partial charge in [0.15, 0.2) is 0 Å². The molecule has 0 bridgehead atoms. The summed E-state index contributed by atoms with van der Waals surface area (Å²) >= 11 is 6.42. The van der Waals surface area contributed by atoms with Crippen LogP contribution in [0.3, 0.4) is 0 Å². The molecule has 0 aliphatic carbocycles. The number of carbonyl (C=O) groups is 2. The zero-order valence-corrected chi connectivity index (χ0v) is 22.2. The largest absolute Gasteiger partial charge is 0.430 e. The van der Waals surface area contributed by atoms with E-state index in [0.717, 1.165) is 61.7 Å². The average Bonchev–Trinajstić information content (AvgIpc) is 3.44. The summed E-state index contributed by atoms with van der Waals surface area (Å²) in [6.45, 7) is 3.31. The second-order valence-corrected chi connectivity index (χ2v) is 11.0. The molecule has 5 rings (SSSR count). The number of piperidine rings is 1. The van der Waals surface area contributed by atoms with Crippen LogP contribution in [0.1, 0.15) is 41.6 Å². The van der Waals surface area contributed by atoms with Crippen LogP contribution in [0.4, 0.5) is 18.9 Å². The van der Waals surface area contributed by atoms with Crippen molar-refractivity contribution in [3.8, 4) is 0 Å². The van der Waals surface area contributed by atoms with Gasteiger partial charge in [0.1, 0.15) is 0 Å². The Labute approximate surface area is 230 Å². The van der Waals surface area contributed by atoms with Crippen LogP contribution in [-0.2, 0) is 10.4 Å². The van der Waals surface area contributed by atoms with Crippen molar-refractivity contribution in [1.29, 1.82) is 0 Å². The maximum atomic E-state index is 13.9. The molecule has 2 amide bonds. The second-order valence-electron chi connectivity index (χ2n) is 10.6. The van der Waals surface area contributed by atoms with Crippen LogP contribution in [0.2, 0.25) is 5.02 Å². The van der Waals surface area contributed by atoms with Gasteiger partial charge in [0.05, 0.1) is 16.6 Å². The highest BCUT2D eigenvalue weighted by Gasteiger charge is 2.62. The molecular formula is C28H32ClF3N4O3. The van der Waals surface area contributed by atoms with E-state index in [0.29, 0.717) is 23.4 Å². The molecule has 11 heteroatoms. The van der Waals surface area contributed by atoms with Crippen LogP contribution in [-0.4, -0.2) is 89.1 Å². The molecule has 2 aromatic carbocycles. The third kappa shape index (κ3) is 5.47. The van der Waals surface area contributed by atoms with Crippen LogP contribution in [0, 0.1) is 0 Å². The highest BCUT2D eigenvalue weighted by molar-refractivity contribution is 6.34. The Bertz CT molecular complexity index is 1190. The maximum Gasteiger partial charge on any atom is 0.430 e. The molecule has 0 spiro atoms. The average molecular weight is 565 g/mol. The highest BCUT2D eigenvalue weighted by Crippen LogP contribution is 2.41. The van der Waals surface area contributed by atoms with E-state index >= 15 is 0 Å². The van der Waals surface area contributed by atoms with Gasteiger partial charge in [0.25, 0.3) is 17.4 Å². The Morgan fingerprint density at radius 2 is 1.56 bits per heavy atom. The van der Waals surface area contributed by atoms with Crippen LogP contribution in [0.15, 0.2) is 48.5 Å². The number of amides is 2. The van der Waals surface area contributed by atoms with Crippen LogP contribution in [0.25, 0.3) is 0 Å². The number of rotatable bonds is 6. The monoisotopic (exact) mass is 564 g/mol.